The summed E-state index contributed by atoms with van der Waals surface area (Å²) in [6, 6.07) is 10.7. The third-order valence-electron chi connectivity index (χ3n) is 4.01. The van der Waals surface area contributed by atoms with Crippen LogP contribution in [-0.4, -0.2) is 21.4 Å². The Bertz CT molecular complexity index is 816. The minimum atomic E-state index is -0.214. The standard InChI is InChI=1S/C18H16FN3S/c19-15-5-1-4-14(9-15)18-21-16-6-8-22(12-17(16)23-18)11-13-3-2-7-20-10-13/h1-5,7,9-10H,6,8,11-12H2. The molecule has 116 valence electrons. The first-order valence-electron chi connectivity index (χ1n) is 7.64. The van der Waals surface area contributed by atoms with Crippen LogP contribution < -0.4 is 0 Å². The van der Waals surface area contributed by atoms with Crippen molar-refractivity contribution in [2.24, 2.45) is 0 Å². The highest BCUT2D eigenvalue weighted by atomic mass is 32.1. The number of pyridine rings is 1. The number of hydrogen-bond donors (Lipinski definition) is 0. The normalized spacial score (nSPS) is 14.7. The molecule has 5 heteroatoms. The van der Waals surface area contributed by atoms with Gasteiger partial charge in [-0.15, -0.1) is 11.3 Å². The second kappa shape index (κ2) is 6.18. The molecule has 0 unspecified atom stereocenters. The van der Waals surface area contributed by atoms with E-state index in [4.69, 9.17) is 4.98 Å². The van der Waals surface area contributed by atoms with Crippen molar-refractivity contribution in [3.63, 3.8) is 0 Å². The Morgan fingerprint density at radius 1 is 1.22 bits per heavy atom. The fourth-order valence-corrected chi connectivity index (χ4v) is 4.02. The largest absolute Gasteiger partial charge is 0.293 e. The van der Waals surface area contributed by atoms with E-state index < -0.39 is 0 Å². The quantitative estimate of drug-likeness (QED) is 0.731. The lowest BCUT2D eigenvalue weighted by atomic mass is 10.1. The maximum Gasteiger partial charge on any atom is 0.124 e. The van der Waals surface area contributed by atoms with E-state index in [2.05, 4.69) is 16.0 Å². The molecule has 1 aliphatic rings. The zero-order chi connectivity index (χ0) is 15.6. The maximum atomic E-state index is 13.4. The zero-order valence-corrected chi connectivity index (χ0v) is 13.4. The van der Waals surface area contributed by atoms with E-state index >= 15 is 0 Å². The molecule has 0 aliphatic carbocycles. The molecular formula is C18H16FN3S. The van der Waals surface area contributed by atoms with E-state index in [1.54, 1.807) is 29.7 Å². The fourth-order valence-electron chi connectivity index (χ4n) is 2.88. The van der Waals surface area contributed by atoms with Gasteiger partial charge in [-0.1, -0.05) is 18.2 Å². The molecule has 4 rings (SSSR count). The predicted molar refractivity (Wildman–Crippen MR) is 89.6 cm³/mol. The summed E-state index contributed by atoms with van der Waals surface area (Å²) in [5.74, 6) is -0.214. The maximum absolute atomic E-state index is 13.4. The summed E-state index contributed by atoms with van der Waals surface area (Å²) in [5.41, 5.74) is 3.26. The van der Waals surface area contributed by atoms with Crippen LogP contribution in [0.1, 0.15) is 16.1 Å². The molecule has 0 fully saturated rings. The number of halogens is 1. The van der Waals surface area contributed by atoms with Gasteiger partial charge < -0.3 is 0 Å². The van der Waals surface area contributed by atoms with E-state index in [1.807, 2.05) is 18.3 Å². The Morgan fingerprint density at radius 2 is 2.17 bits per heavy atom. The van der Waals surface area contributed by atoms with Gasteiger partial charge in [0.25, 0.3) is 0 Å². The Kier molecular flexibility index (Phi) is 3.89. The lowest BCUT2D eigenvalue weighted by molar-refractivity contribution is 0.247. The van der Waals surface area contributed by atoms with Gasteiger partial charge in [-0.2, -0.15) is 0 Å². The van der Waals surface area contributed by atoms with E-state index in [-0.39, 0.29) is 5.82 Å². The minimum absolute atomic E-state index is 0.214. The van der Waals surface area contributed by atoms with Gasteiger partial charge in [-0.3, -0.25) is 9.88 Å². The lowest BCUT2D eigenvalue weighted by Crippen LogP contribution is -2.29. The highest BCUT2D eigenvalue weighted by Crippen LogP contribution is 2.32. The van der Waals surface area contributed by atoms with Crippen LogP contribution in [0, 0.1) is 5.82 Å². The Hall–Kier alpha value is -2.11. The van der Waals surface area contributed by atoms with Crippen molar-refractivity contribution >= 4 is 11.3 Å². The third kappa shape index (κ3) is 3.16. The van der Waals surface area contributed by atoms with Gasteiger partial charge in [0.15, 0.2) is 0 Å². The lowest BCUT2D eigenvalue weighted by Gasteiger charge is -2.25. The number of nitrogens with zero attached hydrogens (tertiary/aromatic N) is 3. The molecule has 2 aromatic heterocycles. The molecule has 0 N–H and O–H groups in total. The SMILES string of the molecule is Fc1cccc(-c2nc3c(s2)CN(Cc2cccnc2)CC3)c1. The summed E-state index contributed by atoms with van der Waals surface area (Å²) in [6.07, 6.45) is 4.66. The van der Waals surface area contributed by atoms with Crippen molar-refractivity contribution in [3.8, 4) is 10.6 Å². The average molecular weight is 325 g/mol. The number of aromatic nitrogens is 2. The summed E-state index contributed by atoms with van der Waals surface area (Å²) in [6.45, 7) is 2.80. The first-order chi connectivity index (χ1) is 11.3. The van der Waals surface area contributed by atoms with Crippen LogP contribution in [0.2, 0.25) is 0 Å². The molecule has 3 heterocycles. The van der Waals surface area contributed by atoms with E-state index in [9.17, 15) is 4.39 Å². The van der Waals surface area contributed by atoms with Gasteiger partial charge >= 0.3 is 0 Å². The molecule has 23 heavy (non-hydrogen) atoms. The minimum Gasteiger partial charge on any atom is -0.293 e. The number of hydrogen-bond acceptors (Lipinski definition) is 4. The fraction of sp³-hybridized carbons (Fsp3) is 0.222. The van der Waals surface area contributed by atoms with Gasteiger partial charge in [0, 0.05) is 48.9 Å². The summed E-state index contributed by atoms with van der Waals surface area (Å²) < 4.78 is 13.4. The van der Waals surface area contributed by atoms with Gasteiger partial charge in [0.1, 0.15) is 10.8 Å². The molecule has 0 amide bonds. The van der Waals surface area contributed by atoms with Gasteiger partial charge in [0.05, 0.1) is 5.69 Å². The van der Waals surface area contributed by atoms with Crippen LogP contribution in [0.3, 0.4) is 0 Å². The van der Waals surface area contributed by atoms with Crippen LogP contribution in [-0.2, 0) is 19.5 Å². The van der Waals surface area contributed by atoms with Gasteiger partial charge in [0.2, 0.25) is 0 Å². The molecule has 0 saturated carbocycles. The van der Waals surface area contributed by atoms with E-state index in [0.717, 1.165) is 42.3 Å². The Labute approximate surface area is 138 Å². The second-order valence-corrected chi connectivity index (χ2v) is 6.80. The van der Waals surface area contributed by atoms with Crippen molar-refractivity contribution in [1.29, 1.82) is 0 Å². The van der Waals surface area contributed by atoms with Crippen molar-refractivity contribution in [1.82, 2.24) is 14.9 Å². The molecule has 1 aromatic carbocycles. The number of fused-ring (bicyclic) bond motifs is 1. The van der Waals surface area contributed by atoms with E-state index in [1.165, 1.54) is 16.5 Å². The summed E-state index contributed by atoms with van der Waals surface area (Å²) in [7, 11) is 0. The third-order valence-corrected chi connectivity index (χ3v) is 5.14. The van der Waals surface area contributed by atoms with Crippen LogP contribution >= 0.6 is 11.3 Å². The molecular weight excluding hydrogens is 309 g/mol. The summed E-state index contributed by atoms with van der Waals surface area (Å²) in [5, 5.41) is 0.915. The highest BCUT2D eigenvalue weighted by Gasteiger charge is 2.21. The van der Waals surface area contributed by atoms with Gasteiger partial charge in [-0.05, 0) is 23.8 Å². The Morgan fingerprint density at radius 3 is 3.00 bits per heavy atom. The number of thiazole rings is 1. The molecule has 0 atom stereocenters. The van der Waals surface area contributed by atoms with Gasteiger partial charge in [-0.25, -0.2) is 9.37 Å². The number of rotatable bonds is 3. The topological polar surface area (TPSA) is 29.0 Å². The van der Waals surface area contributed by atoms with Crippen molar-refractivity contribution < 1.29 is 4.39 Å². The zero-order valence-electron chi connectivity index (χ0n) is 12.6. The summed E-state index contributed by atoms with van der Waals surface area (Å²) in [4.78, 5) is 12.6. The average Bonchev–Trinajstić information content (AvgIpc) is 2.99. The predicted octanol–water partition coefficient (Wildman–Crippen LogP) is 3.90. The smallest absolute Gasteiger partial charge is 0.124 e. The van der Waals surface area contributed by atoms with Crippen LogP contribution in [0.25, 0.3) is 10.6 Å². The summed E-state index contributed by atoms with van der Waals surface area (Å²) >= 11 is 1.68. The van der Waals surface area contributed by atoms with Crippen molar-refractivity contribution in [2.75, 3.05) is 6.54 Å². The highest BCUT2D eigenvalue weighted by molar-refractivity contribution is 7.15. The van der Waals surface area contributed by atoms with Crippen LogP contribution in [0.4, 0.5) is 4.39 Å². The Balaban J connectivity index is 1.54. The molecule has 0 bridgehead atoms. The molecule has 0 spiro atoms. The van der Waals surface area contributed by atoms with Crippen LogP contribution in [0.15, 0.2) is 48.8 Å². The molecule has 1 aliphatic heterocycles. The molecule has 3 aromatic rings. The molecule has 0 radical (unpaired) electrons. The number of benzene rings is 1. The molecule has 0 saturated heterocycles. The second-order valence-electron chi connectivity index (χ2n) is 5.72. The van der Waals surface area contributed by atoms with Crippen molar-refractivity contribution in [3.05, 3.63) is 70.7 Å². The first kappa shape index (κ1) is 14.5. The molecule has 3 nitrogen and oxygen atoms in total. The van der Waals surface area contributed by atoms with Crippen molar-refractivity contribution in [2.45, 2.75) is 19.5 Å². The monoisotopic (exact) mass is 325 g/mol. The van der Waals surface area contributed by atoms with Crippen LogP contribution in [0.5, 0.6) is 0 Å². The first-order valence-corrected chi connectivity index (χ1v) is 8.45. The van der Waals surface area contributed by atoms with E-state index in [0.29, 0.717) is 0 Å².